The Kier molecular flexibility index (Phi) is 5.09. The second kappa shape index (κ2) is 7.44. The smallest absolute Gasteiger partial charge is 0.132 e. The van der Waals surface area contributed by atoms with Gasteiger partial charge in [-0.3, -0.25) is 4.68 Å². The highest BCUT2D eigenvalue weighted by molar-refractivity contribution is 5.70. The fourth-order valence-corrected chi connectivity index (χ4v) is 2.53. The minimum Gasteiger partial charge on any atom is -0.363 e. The number of rotatable bonds is 6. The molecule has 0 spiro atoms. The molecule has 3 rings (SSSR count). The van der Waals surface area contributed by atoms with Crippen LogP contribution >= 0.6 is 0 Å². The summed E-state index contributed by atoms with van der Waals surface area (Å²) < 4.78 is 1.98. The van der Waals surface area contributed by atoms with E-state index in [0.29, 0.717) is 0 Å². The molecule has 0 unspecified atom stereocenters. The Labute approximate surface area is 148 Å². The Morgan fingerprint density at radius 1 is 0.920 bits per heavy atom. The van der Waals surface area contributed by atoms with Gasteiger partial charge in [-0.05, 0) is 26.2 Å². The third-order valence-electron chi connectivity index (χ3n) is 3.98. The Balaban J connectivity index is 1.86. The third kappa shape index (κ3) is 4.22. The standard InChI is InChI=1S/C19H24N6/c1-23(2)10-11-25-9-8-17(22-25)15-6-5-7-16(12-15)18-13-19(24(3)4)21-14-20-18/h5-9,12-14H,10-11H2,1-4H3. The van der Waals surface area contributed by atoms with Gasteiger partial charge in [0.15, 0.2) is 0 Å². The molecule has 0 bridgehead atoms. The molecule has 0 atom stereocenters. The fraction of sp³-hybridized carbons (Fsp3) is 0.316. The van der Waals surface area contributed by atoms with Crippen LogP contribution < -0.4 is 4.90 Å². The van der Waals surface area contributed by atoms with Gasteiger partial charge in [-0.1, -0.05) is 18.2 Å². The molecular formula is C19H24N6. The van der Waals surface area contributed by atoms with Crippen molar-refractivity contribution in [2.24, 2.45) is 0 Å². The molecule has 0 aliphatic rings. The Hall–Kier alpha value is -2.73. The molecule has 3 aromatic rings. The maximum absolute atomic E-state index is 4.68. The van der Waals surface area contributed by atoms with E-state index in [0.717, 1.165) is 41.4 Å². The monoisotopic (exact) mass is 336 g/mol. The van der Waals surface area contributed by atoms with Crippen LogP contribution in [0, 0.1) is 0 Å². The molecule has 0 N–H and O–H groups in total. The summed E-state index contributed by atoms with van der Waals surface area (Å²) in [5, 5.41) is 4.68. The van der Waals surface area contributed by atoms with Crippen molar-refractivity contribution in [2.45, 2.75) is 6.54 Å². The molecule has 25 heavy (non-hydrogen) atoms. The summed E-state index contributed by atoms with van der Waals surface area (Å²) in [4.78, 5) is 12.8. The second-order valence-corrected chi connectivity index (χ2v) is 6.50. The number of hydrogen-bond acceptors (Lipinski definition) is 5. The SMILES string of the molecule is CN(C)CCn1ccc(-c2cccc(-c3cc(N(C)C)ncn3)c2)n1. The summed E-state index contributed by atoms with van der Waals surface area (Å²) in [6.45, 7) is 1.85. The number of likely N-dealkylation sites (N-methyl/N-ethyl adjacent to an activating group) is 1. The number of nitrogens with zero attached hydrogens (tertiary/aromatic N) is 6. The van der Waals surface area contributed by atoms with Crippen molar-refractivity contribution in [2.75, 3.05) is 39.6 Å². The lowest BCUT2D eigenvalue weighted by molar-refractivity contribution is 0.373. The summed E-state index contributed by atoms with van der Waals surface area (Å²) in [5.41, 5.74) is 4.03. The van der Waals surface area contributed by atoms with E-state index >= 15 is 0 Å². The molecule has 0 amide bonds. The normalized spacial score (nSPS) is 11.1. The second-order valence-electron chi connectivity index (χ2n) is 6.50. The van der Waals surface area contributed by atoms with Crippen LogP contribution in [0.3, 0.4) is 0 Å². The Morgan fingerprint density at radius 3 is 2.40 bits per heavy atom. The summed E-state index contributed by atoms with van der Waals surface area (Å²) in [5.74, 6) is 0.892. The van der Waals surface area contributed by atoms with Crippen LogP contribution in [-0.4, -0.2) is 59.4 Å². The fourth-order valence-electron chi connectivity index (χ4n) is 2.53. The van der Waals surface area contributed by atoms with Crippen molar-refractivity contribution in [1.82, 2.24) is 24.6 Å². The van der Waals surface area contributed by atoms with Crippen LogP contribution in [0.1, 0.15) is 0 Å². The first kappa shape index (κ1) is 17.1. The largest absolute Gasteiger partial charge is 0.363 e. The van der Waals surface area contributed by atoms with E-state index in [2.05, 4.69) is 58.3 Å². The Morgan fingerprint density at radius 2 is 1.68 bits per heavy atom. The number of hydrogen-bond donors (Lipinski definition) is 0. The molecule has 6 nitrogen and oxygen atoms in total. The van der Waals surface area contributed by atoms with Crippen LogP contribution in [0.25, 0.3) is 22.5 Å². The number of benzene rings is 1. The predicted molar refractivity (Wildman–Crippen MR) is 102 cm³/mol. The molecule has 0 saturated carbocycles. The molecule has 1 aromatic carbocycles. The van der Waals surface area contributed by atoms with Gasteiger partial charge in [0.2, 0.25) is 0 Å². The summed E-state index contributed by atoms with van der Waals surface area (Å²) in [7, 11) is 8.08. The van der Waals surface area contributed by atoms with Crippen molar-refractivity contribution in [3.63, 3.8) is 0 Å². The maximum Gasteiger partial charge on any atom is 0.132 e. The minimum atomic E-state index is 0.880. The summed E-state index contributed by atoms with van der Waals surface area (Å²) in [6.07, 6.45) is 3.63. The zero-order valence-electron chi connectivity index (χ0n) is 15.2. The van der Waals surface area contributed by atoms with Crippen molar-refractivity contribution < 1.29 is 0 Å². The number of aromatic nitrogens is 4. The first-order valence-electron chi connectivity index (χ1n) is 8.31. The van der Waals surface area contributed by atoms with Crippen LogP contribution in [-0.2, 0) is 6.54 Å². The molecule has 0 radical (unpaired) electrons. The van der Waals surface area contributed by atoms with Crippen molar-refractivity contribution in [3.05, 3.63) is 48.9 Å². The van der Waals surface area contributed by atoms with Gasteiger partial charge < -0.3 is 9.80 Å². The van der Waals surface area contributed by atoms with E-state index in [1.165, 1.54) is 0 Å². The van der Waals surface area contributed by atoms with Gasteiger partial charge >= 0.3 is 0 Å². The molecule has 0 aliphatic carbocycles. The van der Waals surface area contributed by atoms with Crippen molar-refractivity contribution in [1.29, 1.82) is 0 Å². The predicted octanol–water partition coefficient (Wildman–Crippen LogP) is 2.63. The van der Waals surface area contributed by atoms with E-state index < -0.39 is 0 Å². The minimum absolute atomic E-state index is 0.880. The lowest BCUT2D eigenvalue weighted by atomic mass is 10.1. The average molecular weight is 336 g/mol. The molecule has 6 heteroatoms. The summed E-state index contributed by atoms with van der Waals surface area (Å²) >= 11 is 0. The van der Waals surface area contributed by atoms with Crippen LogP contribution in [0.2, 0.25) is 0 Å². The van der Waals surface area contributed by atoms with Gasteiger partial charge in [0.1, 0.15) is 12.1 Å². The van der Waals surface area contributed by atoms with Crippen molar-refractivity contribution >= 4 is 5.82 Å². The average Bonchev–Trinajstić information content (AvgIpc) is 3.09. The summed E-state index contributed by atoms with van der Waals surface area (Å²) in [6, 6.07) is 12.4. The van der Waals surface area contributed by atoms with E-state index in [1.54, 1.807) is 6.33 Å². The highest BCUT2D eigenvalue weighted by Gasteiger charge is 2.07. The molecule has 0 fully saturated rings. The third-order valence-corrected chi connectivity index (χ3v) is 3.98. The van der Waals surface area contributed by atoms with Gasteiger partial charge in [0, 0.05) is 44.0 Å². The number of anilines is 1. The highest BCUT2D eigenvalue weighted by Crippen LogP contribution is 2.25. The topological polar surface area (TPSA) is 50.1 Å². The van der Waals surface area contributed by atoms with Crippen LogP contribution in [0.4, 0.5) is 5.82 Å². The maximum atomic E-state index is 4.68. The molecule has 0 saturated heterocycles. The van der Waals surface area contributed by atoms with Crippen molar-refractivity contribution in [3.8, 4) is 22.5 Å². The first-order valence-corrected chi connectivity index (χ1v) is 8.31. The van der Waals surface area contributed by atoms with E-state index in [4.69, 9.17) is 0 Å². The zero-order chi connectivity index (χ0) is 17.8. The van der Waals surface area contributed by atoms with Gasteiger partial charge in [0.25, 0.3) is 0 Å². The Bertz CT molecular complexity index is 837. The van der Waals surface area contributed by atoms with Gasteiger partial charge in [-0.15, -0.1) is 0 Å². The van der Waals surface area contributed by atoms with Crippen LogP contribution in [0.5, 0.6) is 0 Å². The van der Waals surface area contributed by atoms with Gasteiger partial charge in [-0.25, -0.2) is 9.97 Å². The van der Waals surface area contributed by atoms with E-state index in [1.807, 2.05) is 42.0 Å². The van der Waals surface area contributed by atoms with E-state index in [-0.39, 0.29) is 0 Å². The van der Waals surface area contributed by atoms with E-state index in [9.17, 15) is 0 Å². The highest BCUT2D eigenvalue weighted by atomic mass is 15.3. The molecule has 2 aromatic heterocycles. The quantitative estimate of drug-likeness (QED) is 0.693. The lowest BCUT2D eigenvalue weighted by Crippen LogP contribution is -2.18. The molecule has 0 aliphatic heterocycles. The molecular weight excluding hydrogens is 312 g/mol. The molecule has 2 heterocycles. The lowest BCUT2D eigenvalue weighted by Gasteiger charge is -2.12. The van der Waals surface area contributed by atoms with Gasteiger partial charge in [0.05, 0.1) is 17.9 Å². The first-order chi connectivity index (χ1) is 12.0. The van der Waals surface area contributed by atoms with Gasteiger partial charge in [-0.2, -0.15) is 5.10 Å². The molecule has 130 valence electrons. The zero-order valence-corrected chi connectivity index (χ0v) is 15.2. The van der Waals surface area contributed by atoms with Crippen LogP contribution in [0.15, 0.2) is 48.9 Å².